The van der Waals surface area contributed by atoms with E-state index in [0.717, 1.165) is 32.5 Å². The predicted molar refractivity (Wildman–Crippen MR) is 60.5 cm³/mol. The lowest BCUT2D eigenvalue weighted by Crippen LogP contribution is -2.33. The lowest BCUT2D eigenvalue weighted by Gasteiger charge is -2.24. The summed E-state index contributed by atoms with van der Waals surface area (Å²) in [4.78, 5) is 24.1. The molecule has 2 fully saturated rings. The lowest BCUT2D eigenvalue weighted by atomic mass is 9.93. The molecule has 2 aliphatic rings. The molecule has 1 spiro atoms. The Morgan fingerprint density at radius 2 is 2.06 bits per heavy atom. The number of amides is 1. The Bertz CT molecular complexity index is 322. The number of hydrogen-bond acceptors (Lipinski definition) is 3. The fourth-order valence-corrected chi connectivity index (χ4v) is 2.67. The van der Waals surface area contributed by atoms with Crippen LogP contribution in [0.2, 0.25) is 0 Å². The second-order valence-electron chi connectivity index (χ2n) is 5.13. The minimum atomic E-state index is -0.860. The highest BCUT2D eigenvalue weighted by molar-refractivity contribution is 5.83. The molecule has 1 saturated carbocycles. The van der Waals surface area contributed by atoms with E-state index in [1.807, 2.05) is 0 Å². The highest BCUT2D eigenvalue weighted by Gasteiger charge is 2.58. The smallest absolute Gasteiger partial charge is 0.305 e. The van der Waals surface area contributed by atoms with Crippen molar-refractivity contribution >= 4 is 11.9 Å². The standard InChI is InChI=1S/C12H19NO4/c1-13(5-2-10(14)15)11(16)9-8-12(9)3-6-17-7-4-12/h9H,2-8H2,1H3,(H,14,15)/t9-/m0/s1. The van der Waals surface area contributed by atoms with Crippen LogP contribution in [-0.4, -0.2) is 48.7 Å². The maximum atomic E-state index is 12.1. The molecule has 5 heteroatoms. The van der Waals surface area contributed by atoms with Crippen LogP contribution in [0.4, 0.5) is 0 Å². The summed E-state index contributed by atoms with van der Waals surface area (Å²) in [5.41, 5.74) is 0.173. The molecular formula is C12H19NO4. The molecule has 0 aromatic carbocycles. The molecular weight excluding hydrogens is 222 g/mol. The van der Waals surface area contributed by atoms with E-state index < -0.39 is 5.97 Å². The third kappa shape index (κ3) is 2.60. The van der Waals surface area contributed by atoms with Gasteiger partial charge in [-0.3, -0.25) is 9.59 Å². The Hall–Kier alpha value is -1.10. The summed E-state index contributed by atoms with van der Waals surface area (Å²) >= 11 is 0. The second kappa shape index (κ2) is 4.64. The third-order valence-corrected chi connectivity index (χ3v) is 4.01. The van der Waals surface area contributed by atoms with E-state index in [-0.39, 0.29) is 23.7 Å². The average molecular weight is 241 g/mol. The summed E-state index contributed by atoms with van der Waals surface area (Å²) in [7, 11) is 1.69. The second-order valence-corrected chi connectivity index (χ2v) is 5.13. The fourth-order valence-electron chi connectivity index (χ4n) is 2.67. The number of carbonyl (C=O) groups excluding carboxylic acids is 1. The Morgan fingerprint density at radius 1 is 1.41 bits per heavy atom. The number of carboxylic acids is 1. The molecule has 0 bridgehead atoms. The molecule has 2 rings (SSSR count). The minimum absolute atomic E-state index is 0.0189. The van der Waals surface area contributed by atoms with Gasteiger partial charge in [0.1, 0.15) is 0 Å². The van der Waals surface area contributed by atoms with Gasteiger partial charge in [-0.1, -0.05) is 0 Å². The first-order valence-electron chi connectivity index (χ1n) is 6.10. The van der Waals surface area contributed by atoms with Crippen LogP contribution >= 0.6 is 0 Å². The first-order valence-corrected chi connectivity index (χ1v) is 6.10. The summed E-state index contributed by atoms with van der Waals surface area (Å²) in [6, 6.07) is 0. The Morgan fingerprint density at radius 3 is 2.65 bits per heavy atom. The van der Waals surface area contributed by atoms with E-state index >= 15 is 0 Å². The molecule has 1 atom stereocenters. The van der Waals surface area contributed by atoms with Gasteiger partial charge in [0.05, 0.1) is 6.42 Å². The van der Waals surface area contributed by atoms with Crippen molar-refractivity contribution < 1.29 is 19.4 Å². The van der Waals surface area contributed by atoms with Gasteiger partial charge >= 0.3 is 5.97 Å². The molecule has 0 unspecified atom stereocenters. The molecule has 96 valence electrons. The van der Waals surface area contributed by atoms with Gasteiger partial charge < -0.3 is 14.7 Å². The fraction of sp³-hybridized carbons (Fsp3) is 0.833. The summed E-state index contributed by atoms with van der Waals surface area (Å²) in [6.45, 7) is 1.81. The summed E-state index contributed by atoms with van der Waals surface area (Å²) in [5.74, 6) is -0.653. The average Bonchev–Trinajstić information content (AvgIpc) is 2.99. The molecule has 1 amide bonds. The van der Waals surface area contributed by atoms with Crippen LogP contribution in [-0.2, 0) is 14.3 Å². The minimum Gasteiger partial charge on any atom is -0.481 e. The molecule has 5 nitrogen and oxygen atoms in total. The summed E-state index contributed by atoms with van der Waals surface area (Å²) in [6.07, 6.45) is 2.91. The molecule has 1 saturated heterocycles. The van der Waals surface area contributed by atoms with Crippen LogP contribution in [0.25, 0.3) is 0 Å². The molecule has 1 aliphatic heterocycles. The van der Waals surface area contributed by atoms with Gasteiger partial charge in [-0.25, -0.2) is 0 Å². The number of rotatable bonds is 4. The van der Waals surface area contributed by atoms with Crippen molar-refractivity contribution in [2.75, 3.05) is 26.8 Å². The normalized spacial score (nSPS) is 25.6. The number of hydrogen-bond donors (Lipinski definition) is 1. The van der Waals surface area contributed by atoms with E-state index in [9.17, 15) is 9.59 Å². The number of ether oxygens (including phenoxy) is 1. The quantitative estimate of drug-likeness (QED) is 0.788. The zero-order valence-corrected chi connectivity index (χ0v) is 10.1. The van der Waals surface area contributed by atoms with E-state index in [4.69, 9.17) is 9.84 Å². The highest BCUT2D eigenvalue weighted by Crippen LogP contribution is 2.59. The van der Waals surface area contributed by atoms with E-state index in [2.05, 4.69) is 0 Å². The zero-order valence-electron chi connectivity index (χ0n) is 10.1. The number of carboxylic acid groups (broad SMARTS) is 1. The lowest BCUT2D eigenvalue weighted by molar-refractivity contribution is -0.138. The van der Waals surface area contributed by atoms with E-state index in [1.165, 1.54) is 0 Å². The van der Waals surface area contributed by atoms with Gasteiger partial charge in [-0.15, -0.1) is 0 Å². The van der Waals surface area contributed by atoms with Crippen LogP contribution in [0.5, 0.6) is 0 Å². The molecule has 0 aromatic heterocycles. The molecule has 0 aromatic rings. The van der Waals surface area contributed by atoms with Crippen LogP contribution in [0.3, 0.4) is 0 Å². The van der Waals surface area contributed by atoms with Crippen LogP contribution in [0, 0.1) is 11.3 Å². The van der Waals surface area contributed by atoms with Crippen molar-refractivity contribution in [3.63, 3.8) is 0 Å². The van der Waals surface area contributed by atoms with E-state index in [1.54, 1.807) is 11.9 Å². The molecule has 1 aliphatic carbocycles. The van der Waals surface area contributed by atoms with Crippen molar-refractivity contribution in [2.24, 2.45) is 11.3 Å². The molecule has 1 heterocycles. The van der Waals surface area contributed by atoms with Crippen molar-refractivity contribution in [3.8, 4) is 0 Å². The first kappa shape index (κ1) is 12.4. The van der Waals surface area contributed by atoms with Crippen LogP contribution in [0.15, 0.2) is 0 Å². The van der Waals surface area contributed by atoms with Gasteiger partial charge in [0, 0.05) is 32.7 Å². The largest absolute Gasteiger partial charge is 0.481 e. The van der Waals surface area contributed by atoms with Crippen molar-refractivity contribution in [3.05, 3.63) is 0 Å². The van der Waals surface area contributed by atoms with Crippen LogP contribution < -0.4 is 0 Å². The van der Waals surface area contributed by atoms with E-state index in [0.29, 0.717) is 6.54 Å². The van der Waals surface area contributed by atoms with Gasteiger partial charge in [-0.2, -0.15) is 0 Å². The number of nitrogens with zero attached hydrogens (tertiary/aromatic N) is 1. The molecule has 17 heavy (non-hydrogen) atoms. The Balaban J connectivity index is 1.83. The van der Waals surface area contributed by atoms with Crippen molar-refractivity contribution in [2.45, 2.75) is 25.7 Å². The van der Waals surface area contributed by atoms with Crippen LogP contribution in [0.1, 0.15) is 25.7 Å². The highest BCUT2D eigenvalue weighted by atomic mass is 16.5. The maximum Gasteiger partial charge on any atom is 0.305 e. The first-order chi connectivity index (χ1) is 8.05. The number of aliphatic carboxylic acids is 1. The zero-order chi connectivity index (χ0) is 12.5. The van der Waals surface area contributed by atoms with Gasteiger partial charge in [0.25, 0.3) is 0 Å². The third-order valence-electron chi connectivity index (χ3n) is 4.01. The summed E-state index contributed by atoms with van der Waals surface area (Å²) < 4.78 is 5.31. The predicted octanol–water partition coefficient (Wildman–Crippen LogP) is 0.736. The van der Waals surface area contributed by atoms with Crippen molar-refractivity contribution in [1.82, 2.24) is 4.90 Å². The van der Waals surface area contributed by atoms with Gasteiger partial charge in [0.2, 0.25) is 5.91 Å². The van der Waals surface area contributed by atoms with Gasteiger partial charge in [-0.05, 0) is 24.7 Å². The van der Waals surface area contributed by atoms with Gasteiger partial charge in [0.15, 0.2) is 0 Å². The Labute approximate surface area is 101 Å². The molecule has 0 radical (unpaired) electrons. The number of carbonyl (C=O) groups is 2. The molecule has 1 N–H and O–H groups in total. The monoisotopic (exact) mass is 241 g/mol. The SMILES string of the molecule is CN(CCC(=O)O)C(=O)[C@@H]1CC12CCOCC2. The topological polar surface area (TPSA) is 66.8 Å². The maximum absolute atomic E-state index is 12.1. The summed E-state index contributed by atoms with van der Waals surface area (Å²) in [5, 5.41) is 8.59. The Kier molecular flexibility index (Phi) is 3.38. The van der Waals surface area contributed by atoms with Crippen molar-refractivity contribution in [1.29, 1.82) is 0 Å².